The summed E-state index contributed by atoms with van der Waals surface area (Å²) in [5.74, 6) is -1.22. The molecule has 0 radical (unpaired) electrons. The van der Waals surface area contributed by atoms with Crippen LogP contribution in [0.5, 0.6) is 0 Å². The molecule has 0 aromatic rings. The molecule has 0 spiro atoms. The number of aliphatic carboxylic acids is 1. The van der Waals surface area contributed by atoms with E-state index in [9.17, 15) is 9.90 Å². The molecule has 0 aliphatic rings. The lowest BCUT2D eigenvalue weighted by atomic mass is 9.73. The van der Waals surface area contributed by atoms with Crippen LogP contribution < -0.4 is 0 Å². The molecule has 132 valence electrons. The fourth-order valence-corrected chi connectivity index (χ4v) is 2.75. The Balaban J connectivity index is 5.03. The van der Waals surface area contributed by atoms with Crippen LogP contribution in [0.1, 0.15) is 52.4 Å². The SMILES string of the molecule is C=CCC(CC(C)(CC=C)CC=C)C(OOCCCC)C(=O)O. The summed E-state index contributed by atoms with van der Waals surface area (Å²) in [6.07, 6.45) is 9.06. The van der Waals surface area contributed by atoms with Crippen molar-refractivity contribution >= 4 is 5.97 Å². The lowest BCUT2D eigenvalue weighted by Gasteiger charge is -2.33. The summed E-state index contributed by atoms with van der Waals surface area (Å²) < 4.78 is 0. The van der Waals surface area contributed by atoms with E-state index < -0.39 is 12.1 Å². The minimum atomic E-state index is -1.01. The maximum absolute atomic E-state index is 11.6. The number of rotatable bonds is 15. The van der Waals surface area contributed by atoms with Crippen molar-refractivity contribution in [2.24, 2.45) is 11.3 Å². The van der Waals surface area contributed by atoms with Gasteiger partial charge in [-0.25, -0.2) is 14.6 Å². The predicted molar refractivity (Wildman–Crippen MR) is 94.0 cm³/mol. The molecule has 0 fully saturated rings. The van der Waals surface area contributed by atoms with Gasteiger partial charge in [-0.15, -0.1) is 19.7 Å². The van der Waals surface area contributed by atoms with Crippen molar-refractivity contribution in [3.05, 3.63) is 38.0 Å². The van der Waals surface area contributed by atoms with E-state index in [1.807, 2.05) is 19.1 Å². The third-order valence-corrected chi connectivity index (χ3v) is 3.92. The highest BCUT2D eigenvalue weighted by atomic mass is 17.2. The van der Waals surface area contributed by atoms with Gasteiger partial charge < -0.3 is 5.11 Å². The second-order valence-corrected chi connectivity index (χ2v) is 6.32. The summed E-state index contributed by atoms with van der Waals surface area (Å²) >= 11 is 0. The maximum Gasteiger partial charge on any atom is 0.336 e. The van der Waals surface area contributed by atoms with E-state index in [-0.39, 0.29) is 11.3 Å². The van der Waals surface area contributed by atoms with Gasteiger partial charge in [-0.1, -0.05) is 38.5 Å². The maximum atomic E-state index is 11.6. The lowest BCUT2D eigenvalue weighted by molar-refractivity contribution is -0.329. The van der Waals surface area contributed by atoms with E-state index in [0.29, 0.717) is 19.4 Å². The Morgan fingerprint density at radius 1 is 1.22 bits per heavy atom. The molecule has 0 saturated carbocycles. The highest BCUT2D eigenvalue weighted by Crippen LogP contribution is 2.37. The average Bonchev–Trinajstić information content (AvgIpc) is 2.47. The number of carboxylic acid groups (broad SMARTS) is 1. The van der Waals surface area contributed by atoms with Crippen LogP contribution >= 0.6 is 0 Å². The monoisotopic (exact) mass is 324 g/mol. The van der Waals surface area contributed by atoms with Crippen molar-refractivity contribution in [2.45, 2.75) is 58.5 Å². The van der Waals surface area contributed by atoms with E-state index >= 15 is 0 Å². The van der Waals surface area contributed by atoms with Gasteiger partial charge in [0.05, 0.1) is 6.61 Å². The molecule has 2 atom stereocenters. The zero-order valence-corrected chi connectivity index (χ0v) is 14.6. The normalized spacial score (nSPS) is 14.0. The van der Waals surface area contributed by atoms with Crippen molar-refractivity contribution < 1.29 is 19.7 Å². The summed E-state index contributed by atoms with van der Waals surface area (Å²) in [4.78, 5) is 21.9. The minimum Gasteiger partial charge on any atom is -0.479 e. The molecular formula is C19H32O4. The van der Waals surface area contributed by atoms with Gasteiger partial charge in [0.25, 0.3) is 0 Å². The Labute approximate surface area is 140 Å². The molecule has 4 heteroatoms. The van der Waals surface area contributed by atoms with Crippen LogP contribution in [0.15, 0.2) is 38.0 Å². The number of allylic oxidation sites excluding steroid dienone is 3. The van der Waals surface area contributed by atoms with Crippen LogP contribution in [0.3, 0.4) is 0 Å². The summed E-state index contributed by atoms with van der Waals surface area (Å²) in [7, 11) is 0. The van der Waals surface area contributed by atoms with Gasteiger partial charge in [-0.3, -0.25) is 0 Å². The fourth-order valence-electron chi connectivity index (χ4n) is 2.75. The van der Waals surface area contributed by atoms with Gasteiger partial charge in [0, 0.05) is 5.92 Å². The number of unbranched alkanes of at least 4 members (excludes halogenated alkanes) is 1. The molecule has 0 rings (SSSR count). The molecule has 0 aromatic heterocycles. The number of hydrogen-bond acceptors (Lipinski definition) is 3. The number of carbonyl (C=O) groups is 1. The molecule has 2 unspecified atom stereocenters. The van der Waals surface area contributed by atoms with Gasteiger partial charge >= 0.3 is 5.97 Å². The van der Waals surface area contributed by atoms with E-state index in [1.54, 1.807) is 6.08 Å². The standard InChI is InChI=1S/C19H32O4/c1-6-10-14-22-23-17(18(20)21)16(11-7-2)15-19(5,12-8-3)13-9-4/h7-9,16-17H,2-4,6,10-15H2,1,5H3,(H,20,21). The summed E-state index contributed by atoms with van der Waals surface area (Å²) in [5.41, 5.74) is -0.0995. The second kappa shape index (κ2) is 12.1. The van der Waals surface area contributed by atoms with E-state index in [2.05, 4.69) is 26.7 Å². The quantitative estimate of drug-likeness (QED) is 0.201. The molecule has 0 saturated heterocycles. The summed E-state index contributed by atoms with van der Waals surface area (Å²) in [6, 6.07) is 0. The lowest BCUT2D eigenvalue weighted by Crippen LogP contribution is -2.36. The van der Waals surface area contributed by atoms with Crippen LogP contribution in [-0.4, -0.2) is 23.8 Å². The zero-order chi connectivity index (χ0) is 17.7. The van der Waals surface area contributed by atoms with Gasteiger partial charge in [0.1, 0.15) is 0 Å². The van der Waals surface area contributed by atoms with Crippen LogP contribution in [0.2, 0.25) is 0 Å². The van der Waals surface area contributed by atoms with Crippen molar-refractivity contribution in [1.82, 2.24) is 0 Å². The topological polar surface area (TPSA) is 55.8 Å². The van der Waals surface area contributed by atoms with E-state index in [1.165, 1.54) is 0 Å². The van der Waals surface area contributed by atoms with E-state index in [4.69, 9.17) is 9.78 Å². The van der Waals surface area contributed by atoms with Crippen molar-refractivity contribution in [1.29, 1.82) is 0 Å². The summed E-state index contributed by atoms with van der Waals surface area (Å²) in [6.45, 7) is 15.9. The third kappa shape index (κ3) is 8.72. The molecule has 0 amide bonds. The number of hydrogen-bond donors (Lipinski definition) is 1. The van der Waals surface area contributed by atoms with Gasteiger partial charge in [-0.2, -0.15) is 0 Å². The Hall–Kier alpha value is -1.39. The smallest absolute Gasteiger partial charge is 0.336 e. The second-order valence-electron chi connectivity index (χ2n) is 6.32. The number of carboxylic acids is 1. The largest absolute Gasteiger partial charge is 0.479 e. The Kier molecular flexibility index (Phi) is 11.4. The van der Waals surface area contributed by atoms with Gasteiger partial charge in [0.15, 0.2) is 6.10 Å². The summed E-state index contributed by atoms with van der Waals surface area (Å²) in [5, 5.41) is 9.50. The molecule has 4 nitrogen and oxygen atoms in total. The highest BCUT2D eigenvalue weighted by Gasteiger charge is 2.35. The van der Waals surface area contributed by atoms with Crippen LogP contribution in [-0.2, 0) is 14.6 Å². The van der Waals surface area contributed by atoms with Crippen molar-refractivity contribution in [2.75, 3.05) is 6.61 Å². The molecule has 0 aromatic carbocycles. The predicted octanol–water partition coefficient (Wildman–Crippen LogP) is 4.93. The molecule has 23 heavy (non-hydrogen) atoms. The first-order valence-electron chi connectivity index (χ1n) is 8.27. The van der Waals surface area contributed by atoms with Crippen LogP contribution in [0, 0.1) is 11.3 Å². The molecule has 1 N–H and O–H groups in total. The zero-order valence-electron chi connectivity index (χ0n) is 14.6. The first kappa shape index (κ1) is 21.6. The van der Waals surface area contributed by atoms with Crippen molar-refractivity contribution in [3.8, 4) is 0 Å². The average molecular weight is 324 g/mol. The Bertz CT molecular complexity index is 366. The molecular weight excluding hydrogens is 292 g/mol. The first-order valence-corrected chi connectivity index (χ1v) is 8.27. The molecule has 0 bridgehead atoms. The van der Waals surface area contributed by atoms with Gasteiger partial charge in [-0.05, 0) is 37.5 Å². The van der Waals surface area contributed by atoms with Crippen LogP contribution in [0.4, 0.5) is 0 Å². The fraction of sp³-hybridized carbons (Fsp3) is 0.632. The first-order chi connectivity index (χ1) is 10.9. The highest BCUT2D eigenvalue weighted by molar-refractivity contribution is 5.72. The molecule has 0 aliphatic heterocycles. The molecule has 0 heterocycles. The van der Waals surface area contributed by atoms with Crippen LogP contribution in [0.25, 0.3) is 0 Å². The van der Waals surface area contributed by atoms with Crippen molar-refractivity contribution in [3.63, 3.8) is 0 Å². The minimum absolute atomic E-state index is 0.0995. The van der Waals surface area contributed by atoms with Gasteiger partial charge in [0.2, 0.25) is 0 Å². The third-order valence-electron chi connectivity index (χ3n) is 3.92. The Morgan fingerprint density at radius 3 is 2.26 bits per heavy atom. The van der Waals surface area contributed by atoms with E-state index in [0.717, 1.165) is 25.7 Å². The Morgan fingerprint density at radius 2 is 1.83 bits per heavy atom. The molecule has 0 aliphatic carbocycles.